The summed E-state index contributed by atoms with van der Waals surface area (Å²) in [6.45, 7) is -2.30. The Kier molecular flexibility index (Phi) is 4.39. The van der Waals surface area contributed by atoms with Gasteiger partial charge in [0, 0.05) is 17.2 Å². The van der Waals surface area contributed by atoms with Gasteiger partial charge in [0.1, 0.15) is 0 Å². The lowest BCUT2D eigenvalue weighted by atomic mass is 9.62. The van der Waals surface area contributed by atoms with Crippen molar-refractivity contribution in [3.63, 3.8) is 0 Å². The second-order valence-electron chi connectivity index (χ2n) is 11.1. The molecule has 1 aromatic heterocycles. The maximum absolute atomic E-state index is 9.60. The molecule has 0 radical (unpaired) electrons. The molecule has 180 valence electrons. The van der Waals surface area contributed by atoms with Crippen LogP contribution in [0.1, 0.15) is 80.3 Å². The van der Waals surface area contributed by atoms with Crippen LogP contribution < -0.4 is 0 Å². The van der Waals surface area contributed by atoms with Gasteiger partial charge in [0.25, 0.3) is 0 Å². The van der Waals surface area contributed by atoms with Crippen molar-refractivity contribution in [1.29, 1.82) is 0 Å². The average Bonchev–Trinajstić information content (AvgIpc) is 2.98. The van der Waals surface area contributed by atoms with Crippen LogP contribution in [-0.2, 0) is 0 Å². The molecule has 0 bridgehead atoms. The lowest BCUT2D eigenvalue weighted by Gasteiger charge is -2.43. The van der Waals surface area contributed by atoms with Gasteiger partial charge in [0.15, 0.2) is 0 Å². The monoisotopic (exact) mass is 473 g/mol. The van der Waals surface area contributed by atoms with Crippen LogP contribution in [0.4, 0.5) is 0 Å². The Balaban J connectivity index is 1.36. The van der Waals surface area contributed by atoms with E-state index in [9.17, 15) is 1.37 Å². The first-order valence-corrected chi connectivity index (χ1v) is 13.6. The van der Waals surface area contributed by atoms with Crippen LogP contribution in [0.3, 0.4) is 0 Å². The molecule has 2 aliphatic rings. The van der Waals surface area contributed by atoms with Crippen molar-refractivity contribution in [2.45, 2.75) is 70.5 Å². The van der Waals surface area contributed by atoms with E-state index in [0.717, 1.165) is 29.5 Å². The number of rotatable bonds is 2. The van der Waals surface area contributed by atoms with Crippen molar-refractivity contribution in [1.82, 2.24) is 4.98 Å². The van der Waals surface area contributed by atoms with Crippen LogP contribution in [-0.4, -0.2) is 4.98 Å². The van der Waals surface area contributed by atoms with E-state index in [4.69, 9.17) is 9.10 Å². The molecule has 0 unspecified atom stereocenters. The summed E-state index contributed by atoms with van der Waals surface area (Å²) in [5.74, 6) is -0.899. The largest absolute Gasteiger partial charge is 0.256 e. The molecule has 1 spiro atoms. The molecule has 0 N–H and O–H groups in total. The SMILES string of the molecule is [2H]C([2H])([2H])c1cnc(-c2ccc3c4ccccc4c4ccccc4c3c2)cc1C1([2H])CCC2(CCCCC2)CC1. The van der Waals surface area contributed by atoms with Gasteiger partial charge in [0.2, 0.25) is 0 Å². The Morgan fingerprint density at radius 3 is 1.97 bits per heavy atom. The van der Waals surface area contributed by atoms with Crippen molar-refractivity contribution < 1.29 is 5.48 Å². The highest BCUT2D eigenvalue weighted by molar-refractivity contribution is 6.25. The Morgan fingerprint density at radius 2 is 1.33 bits per heavy atom. The van der Waals surface area contributed by atoms with Crippen LogP contribution >= 0.6 is 0 Å². The number of benzene rings is 4. The van der Waals surface area contributed by atoms with Gasteiger partial charge in [0.05, 0.1) is 5.69 Å². The molecule has 7 rings (SSSR count). The lowest BCUT2D eigenvalue weighted by Crippen LogP contribution is -2.29. The number of fused-ring (bicyclic) bond motifs is 6. The molecular formula is C35H35N. The Hall–Kier alpha value is -3.19. The molecule has 5 aromatic rings. The molecular weight excluding hydrogens is 434 g/mol. The van der Waals surface area contributed by atoms with E-state index in [1.54, 1.807) is 0 Å². The minimum atomic E-state index is -2.30. The average molecular weight is 474 g/mol. The maximum Gasteiger partial charge on any atom is 0.0705 e. The number of hydrogen-bond donors (Lipinski definition) is 0. The zero-order valence-corrected chi connectivity index (χ0v) is 20.8. The summed E-state index contributed by atoms with van der Waals surface area (Å²) in [5, 5.41) is 7.23. The van der Waals surface area contributed by atoms with Gasteiger partial charge in [-0.25, -0.2) is 0 Å². The fourth-order valence-electron chi connectivity index (χ4n) is 7.13. The smallest absolute Gasteiger partial charge is 0.0705 e. The summed E-state index contributed by atoms with van der Waals surface area (Å²) in [6, 6.07) is 25.4. The first-order chi connectivity index (χ1) is 19.3. The molecule has 1 nitrogen and oxygen atoms in total. The van der Waals surface area contributed by atoms with E-state index < -0.39 is 12.7 Å². The van der Waals surface area contributed by atoms with E-state index in [1.807, 2.05) is 6.07 Å². The van der Waals surface area contributed by atoms with E-state index in [0.29, 0.717) is 23.8 Å². The van der Waals surface area contributed by atoms with Gasteiger partial charge >= 0.3 is 0 Å². The molecule has 0 saturated heterocycles. The van der Waals surface area contributed by atoms with Gasteiger partial charge in [-0.15, -0.1) is 0 Å². The minimum Gasteiger partial charge on any atom is -0.256 e. The van der Waals surface area contributed by atoms with Crippen molar-refractivity contribution in [2.75, 3.05) is 0 Å². The van der Waals surface area contributed by atoms with E-state index in [-0.39, 0.29) is 5.56 Å². The zero-order valence-electron chi connectivity index (χ0n) is 24.8. The second kappa shape index (κ2) is 8.73. The predicted octanol–water partition coefficient (Wildman–Crippen LogP) is 10.1. The molecule has 0 amide bonds. The molecule has 1 heterocycles. The third-order valence-corrected chi connectivity index (χ3v) is 9.15. The standard InChI is InChI=1S/C35H35N/c1-24-23-36-34(22-32(24)25-15-19-35(20-16-25)17-7-2-8-18-35)26-13-14-31-29-11-4-3-9-27(29)28-10-5-6-12-30(28)33(31)21-26/h3-6,9-14,21-23,25H,2,7-8,15-20H2,1H3/i1D3,25D. The first kappa shape index (κ1) is 18.1. The molecule has 2 saturated carbocycles. The number of aryl methyl sites for hydroxylation is 1. The minimum absolute atomic E-state index is 0.239. The Labute approximate surface area is 220 Å². The van der Waals surface area contributed by atoms with Crippen LogP contribution in [0.5, 0.6) is 0 Å². The summed E-state index contributed by atoms with van der Waals surface area (Å²) in [5.41, 5.74) is 2.94. The molecule has 2 aliphatic carbocycles. The van der Waals surface area contributed by atoms with E-state index in [2.05, 4.69) is 66.7 Å². The fourth-order valence-corrected chi connectivity index (χ4v) is 7.13. The van der Waals surface area contributed by atoms with E-state index in [1.165, 1.54) is 65.2 Å². The quantitative estimate of drug-likeness (QED) is 0.232. The molecule has 36 heavy (non-hydrogen) atoms. The van der Waals surface area contributed by atoms with Crippen molar-refractivity contribution >= 4 is 32.3 Å². The van der Waals surface area contributed by atoms with Crippen LogP contribution in [0, 0.1) is 12.3 Å². The molecule has 0 aliphatic heterocycles. The van der Waals surface area contributed by atoms with Crippen molar-refractivity contribution in [2.24, 2.45) is 5.41 Å². The van der Waals surface area contributed by atoms with Gasteiger partial charge in [-0.1, -0.05) is 79.9 Å². The summed E-state index contributed by atoms with van der Waals surface area (Å²) >= 11 is 0. The molecule has 0 atom stereocenters. The highest BCUT2D eigenvalue weighted by Crippen LogP contribution is 2.51. The highest BCUT2D eigenvalue weighted by Gasteiger charge is 2.36. The van der Waals surface area contributed by atoms with Crippen molar-refractivity contribution in [3.8, 4) is 11.3 Å². The topological polar surface area (TPSA) is 12.9 Å². The van der Waals surface area contributed by atoms with Gasteiger partial charge in [-0.3, -0.25) is 4.98 Å². The number of aromatic nitrogens is 1. The Morgan fingerprint density at radius 1 is 0.722 bits per heavy atom. The number of hydrogen-bond acceptors (Lipinski definition) is 1. The van der Waals surface area contributed by atoms with Crippen molar-refractivity contribution in [3.05, 3.63) is 90.1 Å². The van der Waals surface area contributed by atoms with Gasteiger partial charge in [-0.2, -0.15) is 0 Å². The molecule has 2 fully saturated rings. The number of pyridine rings is 1. The normalized spacial score (nSPS) is 21.2. The summed E-state index contributed by atoms with van der Waals surface area (Å²) in [6.07, 6.45) is 11.4. The Bertz CT molecular complexity index is 1700. The summed E-state index contributed by atoms with van der Waals surface area (Å²) in [7, 11) is 0. The first-order valence-electron chi connectivity index (χ1n) is 15.6. The third-order valence-electron chi connectivity index (χ3n) is 9.15. The third kappa shape index (κ3) is 3.63. The summed E-state index contributed by atoms with van der Waals surface area (Å²) in [4.78, 5) is 4.69. The van der Waals surface area contributed by atoms with Crippen LogP contribution in [0.2, 0.25) is 0 Å². The van der Waals surface area contributed by atoms with Gasteiger partial charge < -0.3 is 0 Å². The zero-order chi connectivity index (χ0) is 27.5. The lowest BCUT2D eigenvalue weighted by molar-refractivity contribution is 0.114. The molecule has 1 heteroatoms. The summed E-state index contributed by atoms with van der Waals surface area (Å²) < 4.78 is 34.4. The van der Waals surface area contributed by atoms with Gasteiger partial charge in [-0.05, 0) is 112 Å². The second-order valence-corrected chi connectivity index (χ2v) is 11.1. The van der Waals surface area contributed by atoms with Crippen LogP contribution in [0.25, 0.3) is 43.6 Å². The number of nitrogens with zero attached hydrogens (tertiary/aromatic N) is 1. The maximum atomic E-state index is 9.60. The fraction of sp³-hybridized carbons (Fsp3) is 0.343. The predicted molar refractivity (Wildman–Crippen MR) is 154 cm³/mol. The van der Waals surface area contributed by atoms with Crippen LogP contribution in [0.15, 0.2) is 79.0 Å². The van der Waals surface area contributed by atoms with E-state index >= 15 is 0 Å². The molecule has 4 aromatic carbocycles. The highest BCUT2D eigenvalue weighted by atomic mass is 14.7.